The summed E-state index contributed by atoms with van der Waals surface area (Å²) in [6.07, 6.45) is 0. The number of hydrogen-bond donors (Lipinski definition) is 0. The largest absolute Gasteiger partial charge is 0.455 e. The molecule has 0 radical (unpaired) electrons. The Morgan fingerprint density at radius 1 is 0.378 bits per heavy atom. The van der Waals surface area contributed by atoms with Gasteiger partial charge in [-0.15, -0.1) is 0 Å². The highest BCUT2D eigenvalue weighted by atomic mass is 16.3. The SMILES string of the molecule is [2H]c1c([2H])c([2H])c(-c2ccccc2-c2c3ccccc3c(-c3ccc4oc5c(-c6c([2H])c([2H])c([2H])c([2H])c6[2H])cccc5c4c3)c3ccccc23)c([2H])c1[2H]. The van der Waals surface area contributed by atoms with Crippen molar-refractivity contribution >= 4 is 43.5 Å². The maximum absolute atomic E-state index is 8.80. The summed E-state index contributed by atoms with van der Waals surface area (Å²) in [5, 5.41) is 5.25. The van der Waals surface area contributed by atoms with Crippen molar-refractivity contribution in [1.29, 1.82) is 0 Å². The molecule has 9 aromatic rings. The molecule has 8 aromatic carbocycles. The molecule has 9 rings (SSSR count). The molecule has 0 bridgehead atoms. The first-order valence-corrected chi connectivity index (χ1v) is 14.6. The average molecular weight is 583 g/mol. The molecule has 1 aromatic heterocycles. The zero-order chi connectivity index (χ0) is 38.4. The molecule has 210 valence electrons. The zero-order valence-electron chi connectivity index (χ0n) is 33.8. The van der Waals surface area contributed by atoms with Gasteiger partial charge < -0.3 is 4.42 Å². The van der Waals surface area contributed by atoms with Gasteiger partial charge in [0.2, 0.25) is 0 Å². The molecule has 0 atom stereocenters. The molecule has 0 aliphatic heterocycles. The van der Waals surface area contributed by atoms with Crippen LogP contribution in [-0.2, 0) is 0 Å². The van der Waals surface area contributed by atoms with Gasteiger partial charge in [0.15, 0.2) is 0 Å². The topological polar surface area (TPSA) is 13.1 Å². The molecule has 1 nitrogen and oxygen atoms in total. The smallest absolute Gasteiger partial charge is 0.143 e. The minimum atomic E-state index is -0.455. The van der Waals surface area contributed by atoms with E-state index in [4.69, 9.17) is 18.1 Å². The van der Waals surface area contributed by atoms with Crippen molar-refractivity contribution in [3.63, 3.8) is 0 Å². The monoisotopic (exact) mass is 582 g/mol. The molecule has 0 aliphatic carbocycles. The van der Waals surface area contributed by atoms with Crippen molar-refractivity contribution in [3.05, 3.63) is 170 Å². The summed E-state index contributed by atoms with van der Waals surface area (Å²) in [6.45, 7) is 0. The van der Waals surface area contributed by atoms with E-state index in [2.05, 4.69) is 18.2 Å². The lowest BCUT2D eigenvalue weighted by atomic mass is 9.83. The van der Waals surface area contributed by atoms with E-state index in [1.165, 1.54) is 0 Å². The van der Waals surface area contributed by atoms with Crippen LogP contribution in [0.15, 0.2) is 174 Å². The minimum Gasteiger partial charge on any atom is -0.455 e. The first kappa shape index (κ1) is 17.4. The fraction of sp³-hybridized carbons (Fsp3) is 0. The quantitative estimate of drug-likeness (QED) is 0.188. The molecule has 0 amide bonds. The summed E-state index contributed by atoms with van der Waals surface area (Å²) in [4.78, 5) is 0. The summed E-state index contributed by atoms with van der Waals surface area (Å²) in [5.41, 5.74) is 5.63. The lowest BCUT2D eigenvalue weighted by Gasteiger charge is -2.19. The van der Waals surface area contributed by atoms with Crippen molar-refractivity contribution in [2.75, 3.05) is 0 Å². The van der Waals surface area contributed by atoms with Crippen LogP contribution in [-0.4, -0.2) is 0 Å². The molecule has 0 N–H and O–H groups in total. The van der Waals surface area contributed by atoms with E-state index in [0.717, 1.165) is 54.6 Å². The standard InChI is InChI=1S/C44H28O/c1-3-14-29(15-4-1)32-18-7-8-19-34(32)43-37-22-11-9-20-35(37)42(36-21-10-12-23-38(36)43)31-26-27-41-40(28-31)39-25-13-24-33(44(39)45-41)30-16-5-2-6-17-30/h1-28H/i1D,2D,3D,4D,5D,6D,14D,15D,16D,17D. The summed E-state index contributed by atoms with van der Waals surface area (Å²) in [6, 6.07) is 31.2. The summed E-state index contributed by atoms with van der Waals surface area (Å²) in [7, 11) is 0. The van der Waals surface area contributed by atoms with Gasteiger partial charge in [0.05, 0.1) is 13.7 Å². The van der Waals surface area contributed by atoms with Crippen LogP contribution in [0.1, 0.15) is 13.7 Å². The van der Waals surface area contributed by atoms with Crippen molar-refractivity contribution in [1.82, 2.24) is 0 Å². The molecule has 1 heterocycles. The highest BCUT2D eigenvalue weighted by molar-refractivity contribution is 6.23. The molecular weight excluding hydrogens is 544 g/mol. The molecule has 0 unspecified atom stereocenters. The summed E-state index contributed by atoms with van der Waals surface area (Å²) < 4.78 is 90.7. The first-order valence-electron chi connectivity index (χ1n) is 19.6. The first-order chi connectivity index (χ1) is 26.5. The van der Waals surface area contributed by atoms with Crippen LogP contribution in [0.5, 0.6) is 0 Å². The van der Waals surface area contributed by atoms with Crippen LogP contribution in [0.3, 0.4) is 0 Å². The van der Waals surface area contributed by atoms with E-state index in [1.54, 1.807) is 18.2 Å². The van der Waals surface area contributed by atoms with Crippen LogP contribution >= 0.6 is 0 Å². The number of rotatable bonds is 4. The molecule has 0 saturated carbocycles. The Hall–Kier alpha value is -5.92. The lowest BCUT2D eigenvalue weighted by molar-refractivity contribution is 0.670. The maximum Gasteiger partial charge on any atom is 0.143 e. The van der Waals surface area contributed by atoms with Gasteiger partial charge in [-0.05, 0) is 72.6 Å². The maximum atomic E-state index is 8.80. The minimum absolute atomic E-state index is 0.0762. The van der Waals surface area contributed by atoms with Crippen molar-refractivity contribution in [2.24, 2.45) is 0 Å². The van der Waals surface area contributed by atoms with E-state index in [9.17, 15) is 0 Å². The lowest BCUT2D eigenvalue weighted by Crippen LogP contribution is -1.92. The molecular formula is C44H28O. The Balaban J connectivity index is 1.31. The molecule has 0 fully saturated rings. The van der Waals surface area contributed by atoms with Gasteiger partial charge in [-0.3, -0.25) is 0 Å². The van der Waals surface area contributed by atoms with Crippen LogP contribution in [0, 0.1) is 0 Å². The number of benzene rings is 8. The fourth-order valence-corrected chi connectivity index (χ4v) is 6.57. The second-order valence-corrected chi connectivity index (χ2v) is 10.9. The highest BCUT2D eigenvalue weighted by Gasteiger charge is 2.20. The fourth-order valence-electron chi connectivity index (χ4n) is 6.57. The number of hydrogen-bond acceptors (Lipinski definition) is 1. The van der Waals surface area contributed by atoms with Gasteiger partial charge in [-0.1, -0.05) is 157 Å². The Morgan fingerprint density at radius 3 is 1.53 bits per heavy atom. The second kappa shape index (κ2) is 10.4. The third-order valence-corrected chi connectivity index (χ3v) is 8.45. The number of furan rings is 1. The average Bonchev–Trinajstić information content (AvgIpc) is 3.59. The molecule has 0 saturated heterocycles. The van der Waals surface area contributed by atoms with Crippen LogP contribution < -0.4 is 0 Å². The Kier molecular flexibility index (Phi) is 4.01. The van der Waals surface area contributed by atoms with E-state index in [0.29, 0.717) is 22.3 Å². The van der Waals surface area contributed by atoms with Crippen molar-refractivity contribution in [3.8, 4) is 44.5 Å². The molecule has 1 heteroatoms. The Bertz CT molecular complexity index is 3000. The third-order valence-electron chi connectivity index (χ3n) is 8.45. The molecule has 45 heavy (non-hydrogen) atoms. The Labute approximate surface area is 275 Å². The van der Waals surface area contributed by atoms with Gasteiger partial charge in [0, 0.05) is 16.3 Å². The van der Waals surface area contributed by atoms with Gasteiger partial charge in [-0.25, -0.2) is 0 Å². The van der Waals surface area contributed by atoms with Gasteiger partial charge in [-0.2, -0.15) is 0 Å². The number of para-hydroxylation sites is 1. The number of fused-ring (bicyclic) bond motifs is 5. The predicted molar refractivity (Wildman–Crippen MR) is 190 cm³/mol. The van der Waals surface area contributed by atoms with Crippen molar-refractivity contribution in [2.45, 2.75) is 0 Å². The normalized spacial score (nSPS) is 14.7. The Morgan fingerprint density at radius 2 is 0.889 bits per heavy atom. The summed E-state index contributed by atoms with van der Waals surface area (Å²) in [5.74, 6) is 0. The highest BCUT2D eigenvalue weighted by Crippen LogP contribution is 2.47. The van der Waals surface area contributed by atoms with Crippen LogP contribution in [0.2, 0.25) is 0 Å². The molecule has 0 spiro atoms. The molecule has 0 aliphatic rings. The zero-order valence-corrected chi connectivity index (χ0v) is 23.8. The van der Waals surface area contributed by atoms with Gasteiger partial charge >= 0.3 is 0 Å². The van der Waals surface area contributed by atoms with E-state index >= 15 is 0 Å². The van der Waals surface area contributed by atoms with E-state index in [-0.39, 0.29) is 35.3 Å². The van der Waals surface area contributed by atoms with Crippen LogP contribution in [0.25, 0.3) is 88.0 Å². The van der Waals surface area contributed by atoms with Crippen LogP contribution in [0.4, 0.5) is 0 Å². The third kappa shape index (κ3) is 4.09. The van der Waals surface area contributed by atoms with Crippen molar-refractivity contribution < 1.29 is 18.1 Å². The van der Waals surface area contributed by atoms with E-state index < -0.39 is 36.3 Å². The second-order valence-electron chi connectivity index (χ2n) is 10.9. The summed E-state index contributed by atoms with van der Waals surface area (Å²) >= 11 is 0. The van der Waals surface area contributed by atoms with Gasteiger partial charge in [0.25, 0.3) is 0 Å². The predicted octanol–water partition coefficient (Wildman–Crippen LogP) is 12.6. The van der Waals surface area contributed by atoms with Gasteiger partial charge in [0.1, 0.15) is 11.2 Å². The van der Waals surface area contributed by atoms with E-state index in [1.807, 2.05) is 72.8 Å².